The molecule has 0 radical (unpaired) electrons. The van der Waals surface area contributed by atoms with Crippen molar-refractivity contribution in [1.29, 1.82) is 0 Å². The number of benzene rings is 2. The SMILES string of the molecule is CCC(C)c1cc(N2CCCN(S(=O)(=O)C(C)C)CC2)cc2[s+]c3cc(N4CCOCC4)ccc3nc12.[I-]. The Labute approximate surface area is 248 Å². The molecule has 0 bridgehead atoms. The fourth-order valence-electron chi connectivity index (χ4n) is 5.23. The molecule has 0 aliphatic carbocycles. The van der Waals surface area contributed by atoms with Crippen LogP contribution in [0.4, 0.5) is 11.4 Å². The minimum Gasteiger partial charge on any atom is -1.00 e. The highest BCUT2D eigenvalue weighted by molar-refractivity contribution is 7.89. The van der Waals surface area contributed by atoms with Crippen molar-refractivity contribution in [3.63, 3.8) is 0 Å². The van der Waals surface area contributed by atoms with E-state index < -0.39 is 10.0 Å². The Morgan fingerprint density at radius 1 is 0.921 bits per heavy atom. The van der Waals surface area contributed by atoms with Crippen LogP contribution in [0.25, 0.3) is 20.4 Å². The van der Waals surface area contributed by atoms with E-state index in [0.717, 1.165) is 56.7 Å². The van der Waals surface area contributed by atoms with Gasteiger partial charge in [-0.15, -0.1) is 0 Å². The van der Waals surface area contributed by atoms with Gasteiger partial charge in [0.25, 0.3) is 9.40 Å². The minimum atomic E-state index is -3.24. The number of aromatic nitrogens is 1. The summed E-state index contributed by atoms with van der Waals surface area (Å²) in [6.45, 7) is 14.1. The Morgan fingerprint density at radius 2 is 1.63 bits per heavy atom. The Morgan fingerprint density at radius 3 is 2.34 bits per heavy atom. The molecule has 0 spiro atoms. The summed E-state index contributed by atoms with van der Waals surface area (Å²) in [5.41, 5.74) is 5.81. The summed E-state index contributed by atoms with van der Waals surface area (Å²) in [5.74, 6) is 0.386. The molecule has 2 fully saturated rings. The second-order valence-electron chi connectivity index (χ2n) is 10.5. The second-order valence-corrected chi connectivity index (χ2v) is 14.1. The standard InChI is InChI=1S/C28H39N4O3S2.HI/c1-5-21(4)24-17-23(30-9-6-10-32(12-11-30)37(33,34)20(2)3)19-27-28(24)29-25-8-7-22(18-26(25)36-27)31-13-15-35-16-14-31;/h7-8,17-21H,5-6,9-16H2,1-4H3;1H/q+1;/p-1. The van der Waals surface area contributed by atoms with Gasteiger partial charge in [-0.05, 0) is 56.4 Å². The fraction of sp³-hybridized carbons (Fsp3) is 0.571. The number of sulfonamides is 1. The topological polar surface area (TPSA) is 66.0 Å². The summed E-state index contributed by atoms with van der Waals surface area (Å²) in [4.78, 5) is 9.91. The predicted molar refractivity (Wildman–Crippen MR) is 156 cm³/mol. The lowest BCUT2D eigenvalue weighted by molar-refractivity contribution is -0.0000108. The molecule has 10 heteroatoms. The first-order valence-corrected chi connectivity index (χ1v) is 15.9. The largest absolute Gasteiger partial charge is 1.00 e. The highest BCUT2D eigenvalue weighted by atomic mass is 127. The normalized spacial score (nSPS) is 18.6. The van der Waals surface area contributed by atoms with Gasteiger partial charge in [-0.1, -0.05) is 13.8 Å². The maximum atomic E-state index is 12.8. The van der Waals surface area contributed by atoms with Crippen LogP contribution in [0.3, 0.4) is 0 Å². The van der Waals surface area contributed by atoms with Crippen LogP contribution < -0.4 is 33.8 Å². The van der Waals surface area contributed by atoms with E-state index in [4.69, 9.17) is 9.72 Å². The first-order chi connectivity index (χ1) is 17.8. The van der Waals surface area contributed by atoms with Crippen LogP contribution in [-0.2, 0) is 14.8 Å². The fourth-order valence-corrected chi connectivity index (χ4v) is 7.62. The highest BCUT2D eigenvalue weighted by Crippen LogP contribution is 2.37. The van der Waals surface area contributed by atoms with Crippen molar-refractivity contribution in [3.05, 3.63) is 35.9 Å². The van der Waals surface area contributed by atoms with Crippen molar-refractivity contribution in [2.24, 2.45) is 0 Å². The highest BCUT2D eigenvalue weighted by Gasteiger charge is 2.29. The number of hydrogen-bond acceptors (Lipinski definition) is 6. The number of fused-ring (bicyclic) bond motifs is 2. The van der Waals surface area contributed by atoms with Gasteiger partial charge < -0.3 is 38.5 Å². The third-order valence-electron chi connectivity index (χ3n) is 7.78. The summed E-state index contributed by atoms with van der Waals surface area (Å²) >= 11 is 1.81. The number of nitrogens with zero attached hydrogens (tertiary/aromatic N) is 4. The number of anilines is 2. The molecule has 0 saturated carbocycles. The zero-order chi connectivity index (χ0) is 26.2. The molecule has 208 valence electrons. The molecule has 3 heterocycles. The summed E-state index contributed by atoms with van der Waals surface area (Å²) in [6, 6.07) is 11.2. The van der Waals surface area contributed by atoms with E-state index in [1.165, 1.54) is 26.3 Å². The Kier molecular flexibility index (Phi) is 9.71. The van der Waals surface area contributed by atoms with Crippen LogP contribution in [0.15, 0.2) is 30.3 Å². The molecule has 2 saturated heterocycles. The van der Waals surface area contributed by atoms with Gasteiger partial charge in [0.1, 0.15) is 11.0 Å². The molecule has 1 atom stereocenters. The molecule has 38 heavy (non-hydrogen) atoms. The van der Waals surface area contributed by atoms with Gasteiger partial charge in [-0.3, -0.25) is 0 Å². The summed E-state index contributed by atoms with van der Waals surface area (Å²) in [6.07, 6.45) is 1.87. The number of halogens is 1. The van der Waals surface area contributed by atoms with Gasteiger partial charge in [0.15, 0.2) is 0 Å². The third-order valence-corrected chi connectivity index (χ3v) is 11.1. The van der Waals surface area contributed by atoms with Crippen LogP contribution in [0.5, 0.6) is 0 Å². The first kappa shape index (κ1) is 29.6. The zero-order valence-electron chi connectivity index (χ0n) is 22.8. The van der Waals surface area contributed by atoms with E-state index in [-0.39, 0.29) is 29.2 Å². The summed E-state index contributed by atoms with van der Waals surface area (Å²) < 4.78 is 35.2. The van der Waals surface area contributed by atoms with Crippen LogP contribution in [-0.4, -0.2) is 75.4 Å². The van der Waals surface area contributed by atoms with Gasteiger partial charge >= 0.3 is 0 Å². The van der Waals surface area contributed by atoms with Crippen molar-refractivity contribution in [2.45, 2.75) is 51.7 Å². The Balaban J connectivity index is 0.00000336. The van der Waals surface area contributed by atoms with Gasteiger partial charge in [-0.2, -0.15) is 4.31 Å². The van der Waals surface area contributed by atoms with Crippen LogP contribution in [0.2, 0.25) is 0 Å². The van der Waals surface area contributed by atoms with Gasteiger partial charge in [0.05, 0.1) is 18.5 Å². The van der Waals surface area contributed by atoms with E-state index in [2.05, 4.69) is 54.0 Å². The van der Waals surface area contributed by atoms with Gasteiger partial charge in [0.2, 0.25) is 21.4 Å². The van der Waals surface area contributed by atoms with E-state index in [1.807, 2.05) is 11.3 Å². The molecule has 0 N–H and O–H groups in total. The molecule has 2 aliphatic rings. The lowest BCUT2D eigenvalue weighted by Crippen LogP contribution is -3.00. The predicted octanol–water partition coefficient (Wildman–Crippen LogP) is 2.34. The Bertz CT molecular complexity index is 1380. The van der Waals surface area contributed by atoms with E-state index >= 15 is 0 Å². The second kappa shape index (κ2) is 12.4. The van der Waals surface area contributed by atoms with Crippen molar-refractivity contribution < 1.29 is 37.1 Å². The van der Waals surface area contributed by atoms with Crippen molar-refractivity contribution in [1.82, 2.24) is 9.29 Å². The number of ether oxygens (including phenoxy) is 1. The molecule has 2 aromatic carbocycles. The van der Waals surface area contributed by atoms with Crippen LogP contribution in [0.1, 0.15) is 52.0 Å². The van der Waals surface area contributed by atoms with E-state index in [0.29, 0.717) is 25.6 Å². The molecule has 2 aliphatic heterocycles. The minimum absolute atomic E-state index is 0. The molecule has 3 aromatic rings. The smallest absolute Gasteiger partial charge is 0.259 e. The molecule has 1 unspecified atom stereocenters. The van der Waals surface area contributed by atoms with E-state index in [1.54, 1.807) is 18.2 Å². The number of morpholine rings is 1. The maximum Gasteiger partial charge on any atom is 0.259 e. The number of hydrogen-bond donors (Lipinski definition) is 0. The summed E-state index contributed by atoms with van der Waals surface area (Å²) in [7, 11) is -3.24. The Hall–Kier alpha value is -1.34. The van der Waals surface area contributed by atoms with E-state index in [9.17, 15) is 8.42 Å². The molecule has 0 amide bonds. The van der Waals surface area contributed by atoms with Crippen molar-refractivity contribution >= 4 is 53.2 Å². The third kappa shape index (κ3) is 6.04. The van der Waals surface area contributed by atoms with Crippen molar-refractivity contribution in [3.8, 4) is 0 Å². The average molecular weight is 671 g/mol. The molecular formula is C28H39IN4O3S2. The van der Waals surface area contributed by atoms with Gasteiger partial charge in [0, 0.05) is 62.8 Å². The maximum absolute atomic E-state index is 12.8. The lowest BCUT2D eigenvalue weighted by atomic mass is 9.96. The quantitative estimate of drug-likeness (QED) is 0.228. The molecule has 1 aromatic heterocycles. The zero-order valence-corrected chi connectivity index (χ0v) is 26.6. The van der Waals surface area contributed by atoms with Gasteiger partial charge in [-0.25, -0.2) is 13.4 Å². The first-order valence-electron chi connectivity index (χ1n) is 13.6. The molecule has 7 nitrogen and oxygen atoms in total. The lowest BCUT2D eigenvalue weighted by Gasteiger charge is -2.28. The van der Waals surface area contributed by atoms with Crippen LogP contribution >= 0.6 is 11.3 Å². The average Bonchev–Trinajstić information content (AvgIpc) is 3.18. The summed E-state index contributed by atoms with van der Waals surface area (Å²) in [5, 5.41) is -0.389. The molecular weight excluding hydrogens is 631 g/mol. The van der Waals surface area contributed by atoms with Crippen LogP contribution in [0, 0.1) is 0 Å². The monoisotopic (exact) mass is 670 g/mol. The number of rotatable bonds is 6. The molecule has 5 rings (SSSR count). The van der Waals surface area contributed by atoms with Crippen molar-refractivity contribution in [2.75, 3.05) is 62.3 Å².